The van der Waals surface area contributed by atoms with Crippen molar-refractivity contribution >= 4 is 22.9 Å². The van der Waals surface area contributed by atoms with Gasteiger partial charge in [-0.15, -0.1) is 0 Å². The molecule has 2 amide bonds. The lowest BCUT2D eigenvalue weighted by atomic mass is 10.1. The highest BCUT2D eigenvalue weighted by Gasteiger charge is 2.19. The number of nitrogens with zero attached hydrogens (tertiary/aromatic N) is 3. The van der Waals surface area contributed by atoms with E-state index in [4.69, 9.17) is 0 Å². The molecule has 1 aliphatic rings. The SMILES string of the molecule is CCc1nc(NC(=O)N2CCCC2)nc2ccccc12. The van der Waals surface area contributed by atoms with E-state index in [1.165, 1.54) is 0 Å². The monoisotopic (exact) mass is 270 g/mol. The van der Waals surface area contributed by atoms with Gasteiger partial charge >= 0.3 is 6.03 Å². The number of nitrogens with one attached hydrogen (secondary N) is 1. The van der Waals surface area contributed by atoms with Gasteiger partial charge in [0.05, 0.1) is 11.2 Å². The summed E-state index contributed by atoms with van der Waals surface area (Å²) in [6.45, 7) is 3.70. The Kier molecular flexibility index (Phi) is 3.50. The standard InChI is InChI=1S/C15H18N4O/c1-2-12-11-7-3-4-8-13(11)17-14(16-12)18-15(20)19-9-5-6-10-19/h3-4,7-8H,2,5-6,9-10H2,1H3,(H,16,17,18,20). The number of hydrogen-bond acceptors (Lipinski definition) is 3. The molecule has 104 valence electrons. The van der Waals surface area contributed by atoms with Crippen LogP contribution in [0.15, 0.2) is 24.3 Å². The second-order valence-corrected chi connectivity index (χ2v) is 4.99. The van der Waals surface area contributed by atoms with Crippen LogP contribution in [0, 0.1) is 0 Å². The first-order valence-corrected chi connectivity index (χ1v) is 7.09. The highest BCUT2D eigenvalue weighted by atomic mass is 16.2. The smallest absolute Gasteiger partial charge is 0.324 e. The van der Waals surface area contributed by atoms with Crippen LogP contribution in [0.1, 0.15) is 25.5 Å². The molecule has 1 aromatic carbocycles. The van der Waals surface area contributed by atoms with E-state index in [-0.39, 0.29) is 6.03 Å². The summed E-state index contributed by atoms with van der Waals surface area (Å²) in [4.78, 5) is 22.8. The maximum atomic E-state index is 12.1. The molecule has 1 fully saturated rings. The van der Waals surface area contributed by atoms with E-state index in [1.54, 1.807) is 0 Å². The zero-order valence-electron chi connectivity index (χ0n) is 11.6. The highest BCUT2D eigenvalue weighted by Crippen LogP contribution is 2.18. The maximum Gasteiger partial charge on any atom is 0.324 e. The fourth-order valence-electron chi connectivity index (χ4n) is 2.56. The lowest BCUT2D eigenvalue weighted by Crippen LogP contribution is -2.32. The number of anilines is 1. The number of para-hydroxylation sites is 1. The Balaban J connectivity index is 1.89. The van der Waals surface area contributed by atoms with E-state index in [0.29, 0.717) is 5.95 Å². The third kappa shape index (κ3) is 2.43. The minimum absolute atomic E-state index is 0.0974. The van der Waals surface area contributed by atoms with Gasteiger partial charge in [0.25, 0.3) is 0 Å². The molecule has 3 rings (SSSR count). The number of carbonyl (C=O) groups excluding carboxylic acids is 1. The van der Waals surface area contributed by atoms with E-state index in [1.807, 2.05) is 29.2 Å². The van der Waals surface area contributed by atoms with E-state index >= 15 is 0 Å². The predicted molar refractivity (Wildman–Crippen MR) is 78.7 cm³/mol. The molecule has 5 heteroatoms. The van der Waals surface area contributed by atoms with Crippen molar-refractivity contribution in [1.82, 2.24) is 14.9 Å². The van der Waals surface area contributed by atoms with Crippen molar-refractivity contribution in [1.29, 1.82) is 0 Å². The molecule has 2 heterocycles. The number of likely N-dealkylation sites (tertiary alicyclic amines) is 1. The first-order chi connectivity index (χ1) is 9.78. The Morgan fingerprint density at radius 3 is 2.75 bits per heavy atom. The van der Waals surface area contributed by atoms with Crippen LogP contribution < -0.4 is 5.32 Å². The van der Waals surface area contributed by atoms with Gasteiger partial charge in [-0.05, 0) is 25.3 Å². The number of urea groups is 1. The number of benzene rings is 1. The van der Waals surface area contributed by atoms with Gasteiger partial charge < -0.3 is 4.90 Å². The molecule has 0 atom stereocenters. The largest absolute Gasteiger partial charge is 0.324 e. The van der Waals surface area contributed by atoms with Crippen LogP contribution in [-0.2, 0) is 6.42 Å². The molecule has 1 saturated heterocycles. The summed E-state index contributed by atoms with van der Waals surface area (Å²) in [6, 6.07) is 7.79. The van der Waals surface area contributed by atoms with E-state index in [2.05, 4.69) is 22.2 Å². The topological polar surface area (TPSA) is 58.1 Å². The summed E-state index contributed by atoms with van der Waals surface area (Å²) in [6.07, 6.45) is 2.97. The molecule has 0 saturated carbocycles. The van der Waals surface area contributed by atoms with Gasteiger partial charge in [-0.3, -0.25) is 5.32 Å². The molecule has 0 aliphatic carbocycles. The molecule has 1 aromatic heterocycles. The summed E-state index contributed by atoms with van der Waals surface area (Å²) in [5, 5.41) is 3.87. The van der Waals surface area contributed by atoms with Gasteiger partial charge in [-0.1, -0.05) is 25.1 Å². The molecule has 0 bridgehead atoms. The fourth-order valence-corrected chi connectivity index (χ4v) is 2.56. The van der Waals surface area contributed by atoms with Crippen LogP contribution in [0.5, 0.6) is 0 Å². The number of amides is 2. The van der Waals surface area contributed by atoms with E-state index < -0.39 is 0 Å². The molecular weight excluding hydrogens is 252 g/mol. The number of aromatic nitrogens is 2. The summed E-state index contributed by atoms with van der Waals surface area (Å²) in [5.41, 5.74) is 1.84. The molecule has 0 radical (unpaired) electrons. The van der Waals surface area contributed by atoms with Crippen LogP contribution in [0.2, 0.25) is 0 Å². The van der Waals surface area contributed by atoms with Crippen molar-refractivity contribution in [2.24, 2.45) is 0 Å². The number of fused-ring (bicyclic) bond motifs is 1. The van der Waals surface area contributed by atoms with Crippen molar-refractivity contribution in [2.45, 2.75) is 26.2 Å². The molecule has 2 aromatic rings. The summed E-state index contributed by atoms with van der Waals surface area (Å²) in [5.74, 6) is 0.400. The molecule has 20 heavy (non-hydrogen) atoms. The van der Waals surface area contributed by atoms with Crippen LogP contribution in [0.25, 0.3) is 10.9 Å². The average molecular weight is 270 g/mol. The normalized spacial score (nSPS) is 14.8. The molecule has 0 spiro atoms. The van der Waals surface area contributed by atoms with Crippen LogP contribution >= 0.6 is 0 Å². The van der Waals surface area contributed by atoms with Crippen molar-refractivity contribution < 1.29 is 4.79 Å². The lowest BCUT2D eigenvalue weighted by Gasteiger charge is -2.16. The molecule has 1 N–H and O–H groups in total. The van der Waals surface area contributed by atoms with Gasteiger partial charge in [-0.25, -0.2) is 14.8 Å². The maximum absolute atomic E-state index is 12.1. The molecular formula is C15H18N4O. The second-order valence-electron chi connectivity index (χ2n) is 4.99. The molecule has 5 nitrogen and oxygen atoms in total. The minimum atomic E-state index is -0.0974. The third-order valence-corrected chi connectivity index (χ3v) is 3.63. The number of hydrogen-bond donors (Lipinski definition) is 1. The summed E-state index contributed by atoms with van der Waals surface area (Å²) < 4.78 is 0. The highest BCUT2D eigenvalue weighted by molar-refractivity contribution is 5.89. The van der Waals surface area contributed by atoms with E-state index in [0.717, 1.165) is 48.9 Å². The van der Waals surface area contributed by atoms with Crippen molar-refractivity contribution in [2.75, 3.05) is 18.4 Å². The summed E-state index contributed by atoms with van der Waals surface area (Å²) >= 11 is 0. The second kappa shape index (κ2) is 5.45. The first kappa shape index (κ1) is 12.8. The van der Waals surface area contributed by atoms with Crippen LogP contribution in [-0.4, -0.2) is 34.0 Å². The Labute approximate surface area is 118 Å². The van der Waals surface area contributed by atoms with Crippen molar-refractivity contribution in [3.63, 3.8) is 0 Å². The van der Waals surface area contributed by atoms with Gasteiger partial charge in [0.1, 0.15) is 0 Å². The molecule has 0 unspecified atom stereocenters. The Hall–Kier alpha value is -2.17. The van der Waals surface area contributed by atoms with Crippen molar-refractivity contribution in [3.05, 3.63) is 30.0 Å². The van der Waals surface area contributed by atoms with Gasteiger partial charge in [0.15, 0.2) is 0 Å². The van der Waals surface area contributed by atoms with Gasteiger partial charge in [0.2, 0.25) is 5.95 Å². The zero-order chi connectivity index (χ0) is 13.9. The first-order valence-electron chi connectivity index (χ1n) is 7.09. The van der Waals surface area contributed by atoms with Crippen LogP contribution in [0.3, 0.4) is 0 Å². The quantitative estimate of drug-likeness (QED) is 0.913. The zero-order valence-corrected chi connectivity index (χ0v) is 11.6. The van der Waals surface area contributed by atoms with Crippen molar-refractivity contribution in [3.8, 4) is 0 Å². The third-order valence-electron chi connectivity index (χ3n) is 3.63. The fraction of sp³-hybridized carbons (Fsp3) is 0.400. The van der Waals surface area contributed by atoms with Crippen LogP contribution in [0.4, 0.5) is 10.7 Å². The predicted octanol–water partition coefficient (Wildman–Crippen LogP) is 2.82. The van der Waals surface area contributed by atoms with Gasteiger partial charge in [0, 0.05) is 18.5 Å². The minimum Gasteiger partial charge on any atom is -0.324 e. The average Bonchev–Trinajstić information content (AvgIpc) is 3.00. The number of rotatable bonds is 2. The Morgan fingerprint density at radius 1 is 1.25 bits per heavy atom. The summed E-state index contributed by atoms with van der Waals surface area (Å²) in [7, 11) is 0. The van der Waals surface area contributed by atoms with E-state index in [9.17, 15) is 4.79 Å². The lowest BCUT2D eigenvalue weighted by molar-refractivity contribution is 0.222. The van der Waals surface area contributed by atoms with Gasteiger partial charge in [-0.2, -0.15) is 0 Å². The molecule has 1 aliphatic heterocycles. The number of aryl methyl sites for hydroxylation is 1. The Morgan fingerprint density at radius 2 is 2.00 bits per heavy atom. The number of carbonyl (C=O) groups is 1. The Bertz CT molecular complexity index is 635.